The van der Waals surface area contributed by atoms with Gasteiger partial charge >= 0.3 is 7.12 Å². The third kappa shape index (κ3) is 5.47. The molecule has 2 aromatic carbocycles. The molecule has 3 aromatic rings. The van der Waals surface area contributed by atoms with E-state index in [9.17, 15) is 18.5 Å². The van der Waals surface area contributed by atoms with E-state index < -0.39 is 23.1 Å². The zero-order valence-electron chi connectivity index (χ0n) is 17.0. The summed E-state index contributed by atoms with van der Waals surface area (Å²) < 4.78 is 38.9. The van der Waals surface area contributed by atoms with Crippen LogP contribution in [0.5, 0.6) is 0 Å². The molecular weight excluding hydrogens is 419 g/mol. The quantitative estimate of drug-likeness (QED) is 0.449. The van der Waals surface area contributed by atoms with E-state index in [-0.39, 0.29) is 12.2 Å². The summed E-state index contributed by atoms with van der Waals surface area (Å²) >= 11 is 0. The average Bonchev–Trinajstić information content (AvgIpc) is 3.16. The number of benzene rings is 2. The van der Waals surface area contributed by atoms with Gasteiger partial charge in [-0.2, -0.15) is 0 Å². The van der Waals surface area contributed by atoms with Crippen LogP contribution < -0.4 is 9.62 Å². The number of hydrogen-bond acceptors (Lipinski definition) is 7. The molecule has 0 amide bonds. The molecule has 0 spiro atoms. The predicted molar refractivity (Wildman–Crippen MR) is 119 cm³/mol. The summed E-state index contributed by atoms with van der Waals surface area (Å²) in [5.41, 5.74) is 2.92. The fraction of sp³-hybridized carbons (Fsp3) is 0.333. The average molecular weight is 444 g/mol. The normalized spacial score (nSPS) is 15.9. The lowest BCUT2D eigenvalue weighted by molar-refractivity contribution is 0.122. The Hall–Kier alpha value is -2.37. The maximum absolute atomic E-state index is 12.8. The van der Waals surface area contributed by atoms with E-state index in [1.54, 1.807) is 12.1 Å². The standard InChI is InChI=1S/C21H25BN2O6S/c25-22(26)21(13-17-14-30-20-7-2-1-6-19(17)20)23-31(27,28)15-16-4-3-5-18(12-16)24-8-10-29-11-9-24/h1-7,12,14,21,23,25-26H,8-11,13,15H2/t21-/m0/s1. The SMILES string of the molecule is O=S(=O)(Cc1cccc(N2CCOCC2)c1)N[C@@H](Cc1coc2ccccc12)B(O)O. The number of para-hydroxylation sites is 1. The zero-order chi connectivity index (χ0) is 21.8. The van der Waals surface area contributed by atoms with E-state index in [4.69, 9.17) is 9.15 Å². The van der Waals surface area contributed by atoms with Crippen LogP contribution in [0.3, 0.4) is 0 Å². The Morgan fingerprint density at radius 3 is 2.65 bits per heavy atom. The predicted octanol–water partition coefficient (Wildman–Crippen LogP) is 1.31. The fourth-order valence-corrected chi connectivity index (χ4v) is 5.16. The van der Waals surface area contributed by atoms with Crippen LogP contribution in [-0.4, -0.2) is 57.8 Å². The molecule has 0 bridgehead atoms. The van der Waals surface area contributed by atoms with Crippen LogP contribution in [0.4, 0.5) is 5.69 Å². The minimum Gasteiger partial charge on any atom is -0.464 e. The molecule has 31 heavy (non-hydrogen) atoms. The highest BCUT2D eigenvalue weighted by molar-refractivity contribution is 7.88. The summed E-state index contributed by atoms with van der Waals surface area (Å²) in [6, 6.07) is 14.7. The van der Waals surface area contributed by atoms with Crippen molar-refractivity contribution in [3.05, 3.63) is 65.9 Å². The summed E-state index contributed by atoms with van der Waals surface area (Å²) in [4.78, 5) is 2.15. The number of furan rings is 1. The molecule has 2 heterocycles. The van der Waals surface area contributed by atoms with Crippen molar-refractivity contribution in [2.24, 2.45) is 0 Å². The molecule has 10 heteroatoms. The van der Waals surface area contributed by atoms with Crippen molar-refractivity contribution < 1.29 is 27.6 Å². The second kappa shape index (κ2) is 9.41. The first kappa shape index (κ1) is 21.9. The van der Waals surface area contributed by atoms with Gasteiger partial charge in [0.05, 0.1) is 31.2 Å². The first-order valence-corrected chi connectivity index (χ1v) is 11.8. The number of morpholine rings is 1. The lowest BCUT2D eigenvalue weighted by Crippen LogP contribution is -2.48. The highest BCUT2D eigenvalue weighted by Crippen LogP contribution is 2.23. The van der Waals surface area contributed by atoms with E-state index in [0.29, 0.717) is 29.9 Å². The lowest BCUT2D eigenvalue weighted by atomic mass is 9.77. The molecule has 4 rings (SSSR count). The zero-order valence-corrected chi connectivity index (χ0v) is 17.8. The van der Waals surface area contributed by atoms with Crippen LogP contribution in [0.25, 0.3) is 11.0 Å². The number of ether oxygens (including phenoxy) is 1. The van der Waals surface area contributed by atoms with Gasteiger partial charge in [-0.05, 0) is 35.7 Å². The fourth-order valence-electron chi connectivity index (χ4n) is 3.79. The molecule has 0 unspecified atom stereocenters. The van der Waals surface area contributed by atoms with Crippen molar-refractivity contribution in [3.63, 3.8) is 0 Å². The minimum absolute atomic E-state index is 0.0850. The molecule has 3 N–H and O–H groups in total. The maximum atomic E-state index is 12.8. The highest BCUT2D eigenvalue weighted by Gasteiger charge is 2.29. The minimum atomic E-state index is -3.83. The van der Waals surface area contributed by atoms with E-state index in [0.717, 1.165) is 24.2 Å². The van der Waals surface area contributed by atoms with Crippen LogP contribution in [0, 0.1) is 0 Å². The summed E-state index contributed by atoms with van der Waals surface area (Å²) in [5, 5.41) is 20.4. The van der Waals surface area contributed by atoms with Crippen LogP contribution in [0.1, 0.15) is 11.1 Å². The maximum Gasteiger partial charge on any atom is 0.471 e. The Balaban J connectivity index is 1.47. The van der Waals surface area contributed by atoms with E-state index >= 15 is 0 Å². The molecule has 0 saturated carbocycles. The van der Waals surface area contributed by atoms with Crippen molar-refractivity contribution in [2.75, 3.05) is 31.2 Å². The molecule has 0 radical (unpaired) electrons. The number of rotatable bonds is 8. The van der Waals surface area contributed by atoms with Gasteiger partial charge in [0.1, 0.15) is 5.58 Å². The Labute approximate surface area is 181 Å². The van der Waals surface area contributed by atoms with Gasteiger partial charge in [-0.1, -0.05) is 30.3 Å². The van der Waals surface area contributed by atoms with E-state index in [1.165, 1.54) is 6.26 Å². The van der Waals surface area contributed by atoms with Crippen LogP contribution in [0.2, 0.25) is 0 Å². The Morgan fingerprint density at radius 2 is 1.87 bits per heavy atom. The number of hydrogen-bond donors (Lipinski definition) is 3. The van der Waals surface area contributed by atoms with Crippen molar-refractivity contribution in [1.29, 1.82) is 0 Å². The van der Waals surface area contributed by atoms with Crippen molar-refractivity contribution >= 4 is 33.8 Å². The Bertz CT molecular complexity index is 1130. The van der Waals surface area contributed by atoms with Gasteiger partial charge in [-0.3, -0.25) is 0 Å². The van der Waals surface area contributed by atoms with E-state index in [2.05, 4.69) is 9.62 Å². The smallest absolute Gasteiger partial charge is 0.464 e. The summed E-state index contributed by atoms with van der Waals surface area (Å²) in [6.07, 6.45) is 1.60. The molecule has 1 aliphatic heterocycles. The molecule has 0 aliphatic carbocycles. The van der Waals surface area contributed by atoms with Gasteiger partial charge in [0, 0.05) is 24.2 Å². The Kier molecular flexibility index (Phi) is 6.64. The summed E-state index contributed by atoms with van der Waals surface area (Å²) in [6.45, 7) is 2.80. The van der Waals surface area contributed by atoms with Gasteiger partial charge < -0.3 is 24.1 Å². The molecular formula is C21H25BN2O6S. The molecule has 8 nitrogen and oxygen atoms in total. The third-order valence-corrected chi connectivity index (χ3v) is 6.71. The van der Waals surface area contributed by atoms with Crippen LogP contribution in [0.15, 0.2) is 59.2 Å². The highest BCUT2D eigenvalue weighted by atomic mass is 32.2. The van der Waals surface area contributed by atoms with E-state index in [1.807, 2.05) is 36.4 Å². The first-order valence-electron chi connectivity index (χ1n) is 10.1. The first-order chi connectivity index (χ1) is 14.9. The number of nitrogens with zero attached hydrogens (tertiary/aromatic N) is 1. The second-order valence-electron chi connectivity index (χ2n) is 7.63. The molecule has 1 atom stereocenters. The van der Waals surface area contributed by atoms with Gasteiger partial charge in [-0.25, -0.2) is 13.1 Å². The number of fused-ring (bicyclic) bond motifs is 1. The molecule has 1 aromatic heterocycles. The topological polar surface area (TPSA) is 112 Å². The largest absolute Gasteiger partial charge is 0.471 e. The molecule has 1 saturated heterocycles. The number of nitrogens with one attached hydrogen (secondary N) is 1. The van der Waals surface area contributed by atoms with Crippen molar-refractivity contribution in [2.45, 2.75) is 18.1 Å². The Morgan fingerprint density at radius 1 is 1.10 bits per heavy atom. The second-order valence-corrected chi connectivity index (χ2v) is 9.38. The molecule has 164 valence electrons. The van der Waals surface area contributed by atoms with Crippen LogP contribution in [-0.2, 0) is 26.9 Å². The monoisotopic (exact) mass is 444 g/mol. The van der Waals surface area contributed by atoms with Gasteiger partial charge in [-0.15, -0.1) is 0 Å². The van der Waals surface area contributed by atoms with Gasteiger partial charge in [0.2, 0.25) is 10.0 Å². The number of sulfonamides is 1. The molecule has 1 fully saturated rings. The van der Waals surface area contributed by atoms with Crippen LogP contribution >= 0.6 is 0 Å². The lowest BCUT2D eigenvalue weighted by Gasteiger charge is -2.29. The third-order valence-electron chi connectivity index (χ3n) is 5.34. The van der Waals surface area contributed by atoms with Gasteiger partial charge in [0.15, 0.2) is 0 Å². The number of anilines is 1. The summed E-state index contributed by atoms with van der Waals surface area (Å²) in [5.74, 6) is -1.37. The van der Waals surface area contributed by atoms with Crippen molar-refractivity contribution in [3.8, 4) is 0 Å². The van der Waals surface area contributed by atoms with Crippen molar-refractivity contribution in [1.82, 2.24) is 4.72 Å². The molecule has 1 aliphatic rings. The summed E-state index contributed by atoms with van der Waals surface area (Å²) in [7, 11) is -5.68. The van der Waals surface area contributed by atoms with Gasteiger partial charge in [0.25, 0.3) is 0 Å².